The molecule has 50 valence electrons. The topological polar surface area (TPSA) is 0 Å². The Morgan fingerprint density at radius 2 is 2.11 bits per heavy atom. The van der Waals surface area contributed by atoms with Gasteiger partial charge in [-0.15, -0.1) is 0 Å². The van der Waals surface area contributed by atoms with Crippen LogP contribution in [0.2, 0.25) is 0 Å². The summed E-state index contributed by atoms with van der Waals surface area (Å²) < 4.78 is 0. The van der Waals surface area contributed by atoms with Crippen molar-refractivity contribution in [3.63, 3.8) is 0 Å². The van der Waals surface area contributed by atoms with Gasteiger partial charge in [0.25, 0.3) is 0 Å². The molecule has 2 aliphatic rings. The average Bonchev–Trinajstić information content (AvgIpc) is 2.11. The predicted molar refractivity (Wildman–Crippen MR) is 38.9 cm³/mol. The fraction of sp³-hybridized carbons (Fsp3) is 0.889. The van der Waals surface area contributed by atoms with Crippen LogP contribution in [0.5, 0.6) is 0 Å². The Kier molecular flexibility index (Phi) is 1.21. The van der Waals surface area contributed by atoms with Crippen molar-refractivity contribution in [3.8, 4) is 0 Å². The van der Waals surface area contributed by atoms with Crippen LogP contribution < -0.4 is 0 Å². The molecule has 2 bridgehead atoms. The lowest BCUT2D eigenvalue weighted by Gasteiger charge is -2.16. The Balaban J connectivity index is 2.03. The summed E-state index contributed by atoms with van der Waals surface area (Å²) >= 11 is 0. The molecule has 0 nitrogen and oxygen atoms in total. The highest BCUT2D eigenvalue weighted by molar-refractivity contribution is 4.94. The maximum absolute atomic E-state index is 2.57. The molecule has 0 heterocycles. The van der Waals surface area contributed by atoms with Gasteiger partial charge in [0.1, 0.15) is 0 Å². The largest absolute Gasteiger partial charge is 0.0983 e. The highest BCUT2D eigenvalue weighted by Crippen LogP contribution is 2.43. The first kappa shape index (κ1) is 5.64. The second-order valence-electron chi connectivity index (χ2n) is 3.84. The van der Waals surface area contributed by atoms with Crippen molar-refractivity contribution in [1.82, 2.24) is 0 Å². The van der Waals surface area contributed by atoms with Crippen LogP contribution in [0.1, 0.15) is 32.6 Å². The molecule has 0 amide bonds. The third-order valence-electron chi connectivity index (χ3n) is 2.89. The second kappa shape index (κ2) is 1.93. The molecule has 0 N–H and O–H groups in total. The molecule has 0 saturated heterocycles. The lowest BCUT2D eigenvalue weighted by molar-refractivity contribution is 0.354. The van der Waals surface area contributed by atoms with Gasteiger partial charge in [0.2, 0.25) is 0 Å². The summed E-state index contributed by atoms with van der Waals surface area (Å²) in [5.74, 6) is 3.05. The summed E-state index contributed by atoms with van der Waals surface area (Å²) in [7, 11) is 0. The fourth-order valence-corrected chi connectivity index (χ4v) is 2.57. The van der Waals surface area contributed by atoms with Gasteiger partial charge in [-0.05, 0) is 38.5 Å². The lowest BCUT2D eigenvalue weighted by Crippen LogP contribution is -2.13. The zero-order valence-corrected chi connectivity index (χ0v) is 6.14. The molecule has 0 spiro atoms. The van der Waals surface area contributed by atoms with Gasteiger partial charge in [0.15, 0.2) is 0 Å². The average molecular weight is 123 g/mol. The van der Waals surface area contributed by atoms with E-state index in [1.165, 1.54) is 25.7 Å². The van der Waals surface area contributed by atoms with E-state index in [-0.39, 0.29) is 0 Å². The first-order valence-corrected chi connectivity index (χ1v) is 4.19. The molecule has 2 fully saturated rings. The van der Waals surface area contributed by atoms with Gasteiger partial charge < -0.3 is 0 Å². The Bertz CT molecular complexity index is 94.6. The molecular formula is C9H15+. The van der Waals surface area contributed by atoms with E-state index in [1.54, 1.807) is 0 Å². The van der Waals surface area contributed by atoms with E-state index in [2.05, 4.69) is 13.3 Å². The molecule has 2 rings (SSSR count). The van der Waals surface area contributed by atoms with Crippen LogP contribution in [0.15, 0.2) is 0 Å². The fourth-order valence-electron chi connectivity index (χ4n) is 2.57. The lowest BCUT2D eigenvalue weighted by atomic mass is 9.82. The van der Waals surface area contributed by atoms with Crippen LogP contribution in [-0.2, 0) is 0 Å². The summed E-state index contributed by atoms with van der Waals surface area (Å²) in [4.78, 5) is 0. The maximum atomic E-state index is 2.57. The van der Waals surface area contributed by atoms with Crippen LogP contribution in [0, 0.1) is 24.2 Å². The Hall–Kier alpha value is -0.130. The van der Waals surface area contributed by atoms with Crippen LogP contribution >= 0.6 is 0 Å². The van der Waals surface area contributed by atoms with E-state index < -0.39 is 0 Å². The van der Waals surface area contributed by atoms with Crippen molar-refractivity contribution >= 4 is 0 Å². The molecule has 0 aromatic carbocycles. The summed E-state index contributed by atoms with van der Waals surface area (Å²) in [5, 5.41) is 0. The molecule has 0 aromatic rings. The van der Waals surface area contributed by atoms with Gasteiger partial charge in [0.05, 0.1) is 18.3 Å². The van der Waals surface area contributed by atoms with E-state index in [4.69, 9.17) is 0 Å². The third-order valence-corrected chi connectivity index (χ3v) is 2.89. The van der Waals surface area contributed by atoms with E-state index in [9.17, 15) is 0 Å². The van der Waals surface area contributed by atoms with Crippen LogP contribution in [0.25, 0.3) is 0 Å². The van der Waals surface area contributed by atoms with E-state index in [1.807, 2.05) is 0 Å². The van der Waals surface area contributed by atoms with Crippen molar-refractivity contribution in [3.05, 3.63) is 6.42 Å². The van der Waals surface area contributed by atoms with Crippen molar-refractivity contribution in [2.45, 2.75) is 32.6 Å². The SMILES string of the molecule is C[C@H]1[CH+][C@@H]2CC[C@@H](C2)C1. The Morgan fingerprint density at radius 3 is 2.89 bits per heavy atom. The van der Waals surface area contributed by atoms with Gasteiger partial charge >= 0.3 is 0 Å². The van der Waals surface area contributed by atoms with E-state index in [0.717, 1.165) is 17.8 Å². The zero-order chi connectivity index (χ0) is 6.27. The Morgan fingerprint density at radius 1 is 1.22 bits per heavy atom. The van der Waals surface area contributed by atoms with Gasteiger partial charge in [-0.25, -0.2) is 0 Å². The minimum Gasteiger partial charge on any atom is -0.0458 e. The summed E-state index contributed by atoms with van der Waals surface area (Å²) in [6, 6.07) is 0. The molecule has 2 saturated carbocycles. The maximum Gasteiger partial charge on any atom is 0.0983 e. The highest BCUT2D eigenvalue weighted by atomic mass is 14.4. The molecule has 3 atom stereocenters. The number of rotatable bonds is 0. The molecule has 2 aliphatic carbocycles. The van der Waals surface area contributed by atoms with Gasteiger partial charge in [-0.3, -0.25) is 0 Å². The van der Waals surface area contributed by atoms with Crippen LogP contribution in [0.3, 0.4) is 0 Å². The van der Waals surface area contributed by atoms with E-state index >= 15 is 0 Å². The standard InChI is InChI=1S/C9H15/c1-7-4-8-2-3-9(5-7)6-8/h4,7-9H,2-3,5-6H2,1H3/q+1/t7-,8-,9+/m0/s1. The van der Waals surface area contributed by atoms with Gasteiger partial charge in [-0.2, -0.15) is 0 Å². The normalized spacial score (nSPS) is 48.8. The van der Waals surface area contributed by atoms with Crippen molar-refractivity contribution in [2.24, 2.45) is 17.8 Å². The van der Waals surface area contributed by atoms with Crippen LogP contribution in [0.4, 0.5) is 0 Å². The predicted octanol–water partition coefficient (Wildman–Crippen LogP) is 2.65. The molecule has 0 unspecified atom stereocenters. The molecular weight excluding hydrogens is 108 g/mol. The second-order valence-corrected chi connectivity index (χ2v) is 3.84. The minimum atomic E-state index is 0.927. The van der Waals surface area contributed by atoms with Crippen LogP contribution in [-0.4, -0.2) is 0 Å². The quantitative estimate of drug-likeness (QED) is 0.434. The Labute approximate surface area is 57.6 Å². The summed E-state index contributed by atoms with van der Waals surface area (Å²) in [5.41, 5.74) is 0. The zero-order valence-electron chi connectivity index (χ0n) is 6.14. The third kappa shape index (κ3) is 0.953. The monoisotopic (exact) mass is 123 g/mol. The molecule has 0 radical (unpaired) electrons. The van der Waals surface area contributed by atoms with Gasteiger partial charge in [-0.1, -0.05) is 0 Å². The molecule has 0 aromatic heterocycles. The summed E-state index contributed by atoms with van der Waals surface area (Å²) in [6.45, 7) is 2.37. The molecule has 0 aliphatic heterocycles. The number of hydrogen-bond acceptors (Lipinski definition) is 0. The highest BCUT2D eigenvalue weighted by Gasteiger charge is 2.38. The van der Waals surface area contributed by atoms with E-state index in [0.29, 0.717) is 0 Å². The van der Waals surface area contributed by atoms with Crippen molar-refractivity contribution in [2.75, 3.05) is 0 Å². The molecule has 9 heavy (non-hydrogen) atoms. The van der Waals surface area contributed by atoms with Crippen molar-refractivity contribution in [1.29, 1.82) is 0 Å². The van der Waals surface area contributed by atoms with Crippen molar-refractivity contribution < 1.29 is 0 Å². The molecule has 0 heteroatoms. The first-order valence-electron chi connectivity index (χ1n) is 4.19. The van der Waals surface area contributed by atoms with Gasteiger partial charge in [0, 0.05) is 0 Å². The summed E-state index contributed by atoms with van der Waals surface area (Å²) in [6.07, 6.45) is 8.59. The smallest absolute Gasteiger partial charge is 0.0458 e. The minimum absolute atomic E-state index is 0.927. The first-order chi connectivity index (χ1) is 4.34. The number of hydrogen-bond donors (Lipinski definition) is 0. The number of fused-ring (bicyclic) bond motifs is 2.